The summed E-state index contributed by atoms with van der Waals surface area (Å²) in [6, 6.07) is 11.8. The molecular weight excluding hydrogens is 262 g/mol. The van der Waals surface area contributed by atoms with E-state index in [2.05, 4.69) is 9.97 Å². The summed E-state index contributed by atoms with van der Waals surface area (Å²) < 4.78 is 0. The number of hydrogen-bond donors (Lipinski definition) is 0. The molecule has 0 aliphatic carbocycles. The van der Waals surface area contributed by atoms with Crippen LogP contribution in [0.5, 0.6) is 0 Å². The van der Waals surface area contributed by atoms with Crippen LogP contribution in [-0.2, 0) is 0 Å². The molecule has 0 N–H and O–H groups in total. The molecule has 2 rings (SSSR count). The summed E-state index contributed by atoms with van der Waals surface area (Å²) in [4.78, 5) is 7.07. The van der Waals surface area contributed by atoms with Gasteiger partial charge in [-0.1, -0.05) is 41.9 Å². The van der Waals surface area contributed by atoms with Crippen LogP contribution in [0.15, 0.2) is 47.5 Å². The highest BCUT2D eigenvalue weighted by Gasteiger charge is 2.13. The molecule has 4 nitrogen and oxygen atoms in total. The first kappa shape index (κ1) is 13.1. The number of aliphatic imine (C=N–C) groups is 1. The molecule has 0 radical (unpaired) electrons. The third-order valence-electron chi connectivity index (χ3n) is 2.62. The summed E-state index contributed by atoms with van der Waals surface area (Å²) in [6.07, 6.45) is 0. The highest BCUT2D eigenvalue weighted by Crippen LogP contribution is 2.32. The molecule has 0 amide bonds. The van der Waals surface area contributed by atoms with Gasteiger partial charge in [-0.15, -0.1) is 0 Å². The first-order chi connectivity index (χ1) is 9.11. The first-order valence-corrected chi connectivity index (χ1v) is 5.96. The average Bonchev–Trinajstić information content (AvgIpc) is 2.43. The molecule has 0 atom stereocenters. The maximum atomic E-state index is 11.9. The fraction of sp³-hybridized carbons (Fsp3) is 0.0714. The Morgan fingerprint density at radius 3 is 2.58 bits per heavy atom. The van der Waals surface area contributed by atoms with Gasteiger partial charge in [-0.3, -0.25) is 4.99 Å². The van der Waals surface area contributed by atoms with Gasteiger partial charge in [0, 0.05) is 5.56 Å². The summed E-state index contributed by atoms with van der Waals surface area (Å²) in [7, 11) is 0. The normalized spacial score (nSPS) is 11.1. The monoisotopic (exact) mass is 271 g/mol. The van der Waals surface area contributed by atoms with Crippen LogP contribution in [0.4, 0.5) is 11.4 Å². The average molecular weight is 272 g/mol. The van der Waals surface area contributed by atoms with E-state index in [0.29, 0.717) is 22.5 Å². The number of benzene rings is 2. The third-order valence-corrected chi connectivity index (χ3v) is 2.92. The summed E-state index contributed by atoms with van der Waals surface area (Å²) in [5.41, 5.74) is 1.90. The van der Waals surface area contributed by atoms with E-state index in [1.54, 1.807) is 37.3 Å². The van der Waals surface area contributed by atoms with Crippen molar-refractivity contribution in [1.82, 2.24) is 0 Å². The van der Waals surface area contributed by atoms with Crippen LogP contribution in [0, 0.1) is 12.3 Å². The number of halogens is 1. The second-order valence-corrected chi connectivity index (χ2v) is 4.38. The molecule has 0 aliphatic rings. The Hall–Kier alpha value is -2.38. The van der Waals surface area contributed by atoms with Gasteiger partial charge < -0.3 is 5.11 Å². The highest BCUT2D eigenvalue weighted by atomic mass is 35.5. The molecule has 0 aliphatic heterocycles. The zero-order valence-corrected chi connectivity index (χ0v) is 10.9. The molecule has 0 heterocycles. The second kappa shape index (κ2) is 5.51. The molecule has 0 fully saturated rings. The molecule has 19 heavy (non-hydrogen) atoms. The fourth-order valence-corrected chi connectivity index (χ4v) is 1.80. The van der Waals surface area contributed by atoms with Crippen molar-refractivity contribution in [2.45, 2.75) is 6.92 Å². The molecular formula is C14H10ClN3O. The first-order valence-electron chi connectivity index (χ1n) is 5.58. The number of nitrogens with zero attached hydrogens (tertiary/aromatic N) is 3. The predicted molar refractivity (Wildman–Crippen MR) is 73.6 cm³/mol. The van der Waals surface area contributed by atoms with E-state index in [0.717, 1.165) is 0 Å². The van der Waals surface area contributed by atoms with Crippen LogP contribution in [0.3, 0.4) is 0 Å². The number of diazo groups is 1. The largest absolute Gasteiger partial charge is 0.858 e. The van der Waals surface area contributed by atoms with E-state index in [1.807, 2.05) is 6.07 Å². The summed E-state index contributed by atoms with van der Waals surface area (Å²) >= 11 is 5.99. The van der Waals surface area contributed by atoms with Crippen molar-refractivity contribution in [2.75, 3.05) is 0 Å². The quantitative estimate of drug-likeness (QED) is 0.476. The molecule has 0 saturated heterocycles. The van der Waals surface area contributed by atoms with Crippen molar-refractivity contribution in [3.8, 4) is 0 Å². The Kier molecular flexibility index (Phi) is 3.79. The highest BCUT2D eigenvalue weighted by molar-refractivity contribution is 6.33. The minimum atomic E-state index is -0.365. The van der Waals surface area contributed by atoms with E-state index in [1.165, 1.54) is 6.07 Å². The van der Waals surface area contributed by atoms with E-state index in [9.17, 15) is 5.11 Å². The summed E-state index contributed by atoms with van der Waals surface area (Å²) in [5, 5.41) is 21.0. The smallest absolute Gasteiger partial charge is 0.389 e. The summed E-state index contributed by atoms with van der Waals surface area (Å²) in [6.45, 7) is 1.75. The lowest BCUT2D eigenvalue weighted by molar-refractivity contribution is -0.212. The number of hydrogen-bond acceptors (Lipinski definition) is 3. The van der Waals surface area contributed by atoms with Gasteiger partial charge in [0.25, 0.3) is 0 Å². The van der Waals surface area contributed by atoms with Gasteiger partial charge in [0.2, 0.25) is 5.39 Å². The van der Waals surface area contributed by atoms with Crippen molar-refractivity contribution in [1.29, 1.82) is 5.39 Å². The molecule has 2 aromatic carbocycles. The number of aryl methyl sites for hydroxylation is 1. The van der Waals surface area contributed by atoms with Crippen LogP contribution in [0.1, 0.15) is 11.1 Å². The Balaban J connectivity index is 2.44. The van der Waals surface area contributed by atoms with Crippen molar-refractivity contribution in [3.05, 3.63) is 63.6 Å². The van der Waals surface area contributed by atoms with Gasteiger partial charge in [0.05, 0.1) is 16.8 Å². The fourth-order valence-electron chi connectivity index (χ4n) is 1.60. The summed E-state index contributed by atoms with van der Waals surface area (Å²) in [5.74, 6) is -0.365. The van der Waals surface area contributed by atoms with E-state index in [4.69, 9.17) is 17.0 Å². The van der Waals surface area contributed by atoms with Gasteiger partial charge in [-0.2, -0.15) is 0 Å². The SMILES string of the molecule is Cc1cc(N=C([O-])c2ccccc2)c(Cl)cc1[N+]#N. The van der Waals surface area contributed by atoms with Gasteiger partial charge in [-0.05, 0) is 24.5 Å². The standard InChI is InChI=1S/C14H10ClN3O/c1-9-7-13(11(15)8-12(9)18-16)17-14(19)10-5-3-2-4-6-10/h2-8H,1H3. The molecule has 0 saturated carbocycles. The molecule has 0 spiro atoms. The molecule has 94 valence electrons. The second-order valence-electron chi connectivity index (χ2n) is 3.97. The van der Waals surface area contributed by atoms with Gasteiger partial charge >= 0.3 is 5.69 Å². The van der Waals surface area contributed by atoms with Crippen LogP contribution in [-0.4, -0.2) is 5.90 Å². The molecule has 5 heteroatoms. The van der Waals surface area contributed by atoms with Gasteiger partial charge in [-0.25, -0.2) is 0 Å². The van der Waals surface area contributed by atoms with Gasteiger partial charge in [0.1, 0.15) is 0 Å². The predicted octanol–water partition coefficient (Wildman–Crippen LogP) is 3.57. The zero-order chi connectivity index (χ0) is 13.8. The van der Waals surface area contributed by atoms with Crippen molar-refractivity contribution in [3.63, 3.8) is 0 Å². The van der Waals surface area contributed by atoms with Crippen LogP contribution in [0.25, 0.3) is 4.98 Å². The van der Waals surface area contributed by atoms with Crippen LogP contribution < -0.4 is 5.11 Å². The Bertz CT molecular complexity index is 675. The van der Waals surface area contributed by atoms with Gasteiger partial charge in [0.15, 0.2) is 4.98 Å². The maximum Gasteiger partial charge on any atom is 0.389 e. The third kappa shape index (κ3) is 2.90. The number of rotatable bonds is 2. The van der Waals surface area contributed by atoms with E-state index >= 15 is 0 Å². The molecule has 0 bridgehead atoms. The van der Waals surface area contributed by atoms with Crippen LogP contribution in [0.2, 0.25) is 5.02 Å². The molecule has 0 aromatic heterocycles. The lowest BCUT2D eigenvalue weighted by atomic mass is 10.2. The van der Waals surface area contributed by atoms with Crippen molar-refractivity contribution in [2.24, 2.45) is 4.99 Å². The zero-order valence-electron chi connectivity index (χ0n) is 10.2. The topological polar surface area (TPSA) is 63.6 Å². The Labute approximate surface area is 115 Å². The maximum absolute atomic E-state index is 11.9. The van der Waals surface area contributed by atoms with E-state index in [-0.39, 0.29) is 10.9 Å². The molecule has 0 unspecified atom stereocenters. The Morgan fingerprint density at radius 1 is 1.26 bits per heavy atom. The minimum Gasteiger partial charge on any atom is -0.858 e. The lowest BCUT2D eigenvalue weighted by Crippen LogP contribution is -2.18. The van der Waals surface area contributed by atoms with Crippen LogP contribution >= 0.6 is 11.6 Å². The Morgan fingerprint density at radius 2 is 1.95 bits per heavy atom. The van der Waals surface area contributed by atoms with E-state index < -0.39 is 0 Å². The minimum absolute atomic E-state index is 0.266. The van der Waals surface area contributed by atoms with Crippen molar-refractivity contribution < 1.29 is 5.11 Å². The van der Waals surface area contributed by atoms with Crippen molar-refractivity contribution >= 4 is 28.9 Å². The molecule has 2 aromatic rings. The lowest BCUT2D eigenvalue weighted by Gasteiger charge is -2.11.